The minimum atomic E-state index is -3.70. The average molecular weight is 417 g/mol. The van der Waals surface area contributed by atoms with Gasteiger partial charge in [-0.3, -0.25) is 9.52 Å². The van der Waals surface area contributed by atoms with Gasteiger partial charge in [0.25, 0.3) is 10.0 Å². The highest BCUT2D eigenvalue weighted by Crippen LogP contribution is 2.31. The van der Waals surface area contributed by atoms with Crippen molar-refractivity contribution in [1.29, 1.82) is 0 Å². The van der Waals surface area contributed by atoms with E-state index in [1.54, 1.807) is 18.2 Å². The van der Waals surface area contributed by atoms with Gasteiger partial charge in [-0.15, -0.1) is 0 Å². The van der Waals surface area contributed by atoms with Crippen molar-refractivity contribution < 1.29 is 17.9 Å². The Labute approximate surface area is 172 Å². The normalized spacial score (nSPS) is 13.9. The van der Waals surface area contributed by atoms with E-state index >= 15 is 0 Å². The Bertz CT molecular complexity index is 955. The van der Waals surface area contributed by atoms with Crippen molar-refractivity contribution in [2.45, 2.75) is 50.8 Å². The lowest BCUT2D eigenvalue weighted by Gasteiger charge is -2.29. The molecule has 29 heavy (non-hydrogen) atoms. The molecule has 0 atom stereocenters. The first kappa shape index (κ1) is 21.2. The molecule has 3 rings (SSSR count). The van der Waals surface area contributed by atoms with Crippen LogP contribution in [-0.4, -0.2) is 27.5 Å². The van der Waals surface area contributed by atoms with Crippen molar-refractivity contribution in [2.75, 3.05) is 22.8 Å². The summed E-state index contributed by atoms with van der Waals surface area (Å²) in [5.74, 6) is 0.779. The van der Waals surface area contributed by atoms with Gasteiger partial charge in [-0.1, -0.05) is 20.3 Å². The number of carbonyl (C=O) groups is 1. The smallest absolute Gasteiger partial charge is 0.261 e. The molecule has 6 nitrogen and oxygen atoms in total. The quantitative estimate of drug-likeness (QED) is 0.659. The summed E-state index contributed by atoms with van der Waals surface area (Å²) in [7, 11) is -3.70. The fraction of sp³-hybridized carbons (Fsp3) is 0.409. The predicted molar refractivity (Wildman–Crippen MR) is 115 cm³/mol. The lowest BCUT2D eigenvalue weighted by molar-refractivity contribution is -0.118. The van der Waals surface area contributed by atoms with Crippen molar-refractivity contribution >= 4 is 27.3 Å². The molecule has 2 aromatic carbocycles. The summed E-state index contributed by atoms with van der Waals surface area (Å²) < 4.78 is 33.6. The highest BCUT2D eigenvalue weighted by Gasteiger charge is 2.24. The summed E-state index contributed by atoms with van der Waals surface area (Å²) in [6, 6.07) is 11.8. The lowest BCUT2D eigenvalue weighted by Crippen LogP contribution is -2.35. The van der Waals surface area contributed by atoms with Crippen LogP contribution in [0.4, 0.5) is 11.4 Å². The van der Waals surface area contributed by atoms with Crippen molar-refractivity contribution in [2.24, 2.45) is 0 Å². The standard InChI is InChI=1S/C22H28N2O4S/c1-3-5-14-24-21-12-7-18(16-17(21)6-13-22(24)25)23-29(26,27)20-10-8-19(9-11-20)28-15-4-2/h7-12,16,23H,3-6,13-15H2,1-2H3. The van der Waals surface area contributed by atoms with E-state index in [2.05, 4.69) is 11.6 Å². The summed E-state index contributed by atoms with van der Waals surface area (Å²) in [5, 5.41) is 0. The van der Waals surface area contributed by atoms with E-state index in [9.17, 15) is 13.2 Å². The Morgan fingerprint density at radius 1 is 1.03 bits per heavy atom. The number of nitrogens with one attached hydrogen (secondary N) is 1. The van der Waals surface area contributed by atoms with E-state index in [-0.39, 0.29) is 10.8 Å². The van der Waals surface area contributed by atoms with Crippen molar-refractivity contribution in [3.63, 3.8) is 0 Å². The number of fused-ring (bicyclic) bond motifs is 1. The number of anilines is 2. The lowest BCUT2D eigenvalue weighted by atomic mass is 10.00. The van der Waals surface area contributed by atoms with Gasteiger partial charge in [-0.25, -0.2) is 8.42 Å². The van der Waals surface area contributed by atoms with Gasteiger partial charge in [-0.2, -0.15) is 0 Å². The molecule has 0 aromatic heterocycles. The number of carbonyl (C=O) groups excluding carboxylic acids is 1. The molecule has 1 N–H and O–H groups in total. The fourth-order valence-electron chi connectivity index (χ4n) is 3.33. The average Bonchev–Trinajstić information content (AvgIpc) is 2.71. The highest BCUT2D eigenvalue weighted by molar-refractivity contribution is 7.92. The van der Waals surface area contributed by atoms with Crippen LogP contribution in [0.5, 0.6) is 5.75 Å². The monoisotopic (exact) mass is 416 g/mol. The Hall–Kier alpha value is -2.54. The van der Waals surface area contributed by atoms with Crippen LogP contribution in [0.1, 0.15) is 45.1 Å². The van der Waals surface area contributed by atoms with E-state index in [4.69, 9.17) is 4.74 Å². The topological polar surface area (TPSA) is 75.7 Å². The molecule has 1 heterocycles. The van der Waals surface area contributed by atoms with E-state index in [0.29, 0.717) is 37.4 Å². The summed E-state index contributed by atoms with van der Waals surface area (Å²) >= 11 is 0. The second kappa shape index (κ2) is 9.31. The van der Waals surface area contributed by atoms with Gasteiger partial charge in [0, 0.05) is 24.3 Å². The fourth-order valence-corrected chi connectivity index (χ4v) is 4.38. The molecule has 7 heteroatoms. The second-order valence-corrected chi connectivity index (χ2v) is 8.85. The number of hydrogen-bond donors (Lipinski definition) is 1. The maximum Gasteiger partial charge on any atom is 0.261 e. The summed E-state index contributed by atoms with van der Waals surface area (Å²) in [6.07, 6.45) is 3.92. The van der Waals surface area contributed by atoms with Crippen molar-refractivity contribution in [1.82, 2.24) is 0 Å². The Morgan fingerprint density at radius 3 is 2.48 bits per heavy atom. The van der Waals surface area contributed by atoms with Crippen LogP contribution in [0.25, 0.3) is 0 Å². The van der Waals surface area contributed by atoms with Crippen LogP contribution in [0.15, 0.2) is 47.4 Å². The molecule has 0 spiro atoms. The number of hydrogen-bond acceptors (Lipinski definition) is 4. The summed E-state index contributed by atoms with van der Waals surface area (Å²) in [5.41, 5.74) is 2.37. The molecule has 0 saturated heterocycles. The number of amides is 1. The molecule has 0 radical (unpaired) electrons. The van der Waals surface area contributed by atoms with E-state index in [1.165, 1.54) is 12.1 Å². The first-order valence-corrected chi connectivity index (χ1v) is 11.6. The van der Waals surface area contributed by atoms with Gasteiger partial charge in [0.15, 0.2) is 0 Å². The van der Waals surface area contributed by atoms with Gasteiger partial charge in [-0.05, 0) is 67.3 Å². The van der Waals surface area contributed by atoms with Crippen LogP contribution in [0, 0.1) is 0 Å². The molecule has 2 aromatic rings. The van der Waals surface area contributed by atoms with E-state index in [0.717, 1.165) is 30.5 Å². The van der Waals surface area contributed by atoms with E-state index in [1.807, 2.05) is 24.0 Å². The molecule has 0 unspecified atom stereocenters. The minimum Gasteiger partial charge on any atom is -0.494 e. The Morgan fingerprint density at radius 2 is 1.79 bits per heavy atom. The zero-order chi connectivity index (χ0) is 20.9. The number of unbranched alkanes of at least 4 members (excludes halogenated alkanes) is 1. The highest BCUT2D eigenvalue weighted by atomic mass is 32.2. The number of rotatable bonds is 9. The maximum absolute atomic E-state index is 12.7. The van der Waals surface area contributed by atoms with Gasteiger partial charge < -0.3 is 9.64 Å². The SMILES string of the molecule is CCCCN1C(=O)CCc2cc(NS(=O)(=O)c3ccc(OCCC)cc3)ccc21. The van der Waals surface area contributed by atoms with E-state index < -0.39 is 10.0 Å². The zero-order valence-electron chi connectivity index (χ0n) is 17.0. The molecule has 0 bridgehead atoms. The molecule has 1 aliphatic rings. The maximum atomic E-state index is 12.7. The third-order valence-electron chi connectivity index (χ3n) is 4.87. The molecule has 0 saturated carbocycles. The van der Waals surface area contributed by atoms with Crippen LogP contribution in [0.3, 0.4) is 0 Å². The number of ether oxygens (including phenoxy) is 1. The third kappa shape index (κ3) is 5.09. The van der Waals surface area contributed by atoms with Crippen LogP contribution in [-0.2, 0) is 21.2 Å². The number of benzene rings is 2. The predicted octanol–water partition coefficient (Wildman–Crippen LogP) is 4.36. The largest absolute Gasteiger partial charge is 0.494 e. The van der Waals surface area contributed by atoms with Gasteiger partial charge >= 0.3 is 0 Å². The number of aryl methyl sites for hydroxylation is 1. The van der Waals surface area contributed by atoms with Gasteiger partial charge in [0.05, 0.1) is 11.5 Å². The number of nitrogens with zero attached hydrogens (tertiary/aromatic N) is 1. The second-order valence-electron chi connectivity index (χ2n) is 7.17. The number of sulfonamides is 1. The van der Waals surface area contributed by atoms with Crippen molar-refractivity contribution in [3.05, 3.63) is 48.0 Å². The summed E-state index contributed by atoms with van der Waals surface area (Å²) in [4.78, 5) is 14.3. The molecular weight excluding hydrogens is 388 g/mol. The van der Waals surface area contributed by atoms with Crippen molar-refractivity contribution in [3.8, 4) is 5.75 Å². The molecule has 1 amide bonds. The molecule has 0 fully saturated rings. The minimum absolute atomic E-state index is 0.129. The first-order chi connectivity index (χ1) is 13.9. The third-order valence-corrected chi connectivity index (χ3v) is 6.27. The first-order valence-electron chi connectivity index (χ1n) is 10.1. The summed E-state index contributed by atoms with van der Waals surface area (Å²) in [6.45, 7) is 5.40. The molecular formula is C22H28N2O4S. The van der Waals surface area contributed by atoms with Crippen LogP contribution in [0.2, 0.25) is 0 Å². The van der Waals surface area contributed by atoms with Crippen LogP contribution < -0.4 is 14.4 Å². The van der Waals surface area contributed by atoms with Crippen LogP contribution >= 0.6 is 0 Å². The molecule has 1 aliphatic heterocycles. The zero-order valence-corrected chi connectivity index (χ0v) is 17.8. The van der Waals surface area contributed by atoms with Gasteiger partial charge in [0.2, 0.25) is 5.91 Å². The Balaban J connectivity index is 1.77. The molecule has 156 valence electrons. The Kier molecular flexibility index (Phi) is 6.79. The van der Waals surface area contributed by atoms with Gasteiger partial charge in [0.1, 0.15) is 5.75 Å². The molecule has 0 aliphatic carbocycles.